The molecule has 12 heteroatoms. The standard InChI is InChI=1S/C28H35FN4O7/c1-32(2)22-16-10-13-9-15-19(17(34)11-14(21(15)29)12-31-5-8-33-6-3-4-7-33)23(35)18(13)25(37)28(16,40)26(38)20(24(22)36)27(30)39/h11,13,16,18,20,22,31,34,40H,3-10,12H2,1-2H3,(H2,30,39)/t13-,16-,18?,20?,22-,28-/m0/s1. The van der Waals surface area contributed by atoms with E-state index in [-0.39, 0.29) is 36.1 Å². The number of benzene rings is 1. The Bertz CT molecular complexity index is 1290. The van der Waals surface area contributed by atoms with E-state index in [1.807, 2.05) is 0 Å². The molecular formula is C28H35FN4O7. The van der Waals surface area contributed by atoms with Gasteiger partial charge in [0.25, 0.3) is 0 Å². The lowest BCUT2D eigenvalue weighted by Gasteiger charge is -2.52. The van der Waals surface area contributed by atoms with Gasteiger partial charge in [-0.1, -0.05) is 0 Å². The first kappa shape index (κ1) is 28.5. The molecule has 216 valence electrons. The number of Topliss-reactive ketones (excluding diaryl/α,β-unsaturated/α-hetero) is 4. The lowest BCUT2D eigenvalue weighted by Crippen LogP contribution is -2.74. The van der Waals surface area contributed by atoms with Crippen molar-refractivity contribution in [2.75, 3.05) is 40.3 Å². The first-order valence-corrected chi connectivity index (χ1v) is 13.7. The third-order valence-corrected chi connectivity index (χ3v) is 9.19. The summed E-state index contributed by atoms with van der Waals surface area (Å²) >= 11 is 0. The molecule has 5 N–H and O–H groups in total. The van der Waals surface area contributed by atoms with Crippen LogP contribution in [0.15, 0.2) is 6.07 Å². The van der Waals surface area contributed by atoms with Gasteiger partial charge >= 0.3 is 0 Å². The number of carbonyl (C=O) groups is 5. The van der Waals surface area contributed by atoms with Gasteiger partial charge in [0.05, 0.1) is 17.5 Å². The summed E-state index contributed by atoms with van der Waals surface area (Å²) < 4.78 is 15.8. The molecule has 2 saturated carbocycles. The number of likely N-dealkylation sites (tertiary alicyclic amines) is 1. The summed E-state index contributed by atoms with van der Waals surface area (Å²) in [7, 11) is 3.02. The van der Waals surface area contributed by atoms with Crippen LogP contribution < -0.4 is 11.1 Å². The zero-order chi connectivity index (χ0) is 29.1. The largest absolute Gasteiger partial charge is 0.507 e. The van der Waals surface area contributed by atoms with E-state index in [0.717, 1.165) is 38.5 Å². The fourth-order valence-corrected chi connectivity index (χ4v) is 7.30. The lowest BCUT2D eigenvalue weighted by molar-refractivity contribution is -0.181. The number of nitrogens with one attached hydrogen (secondary N) is 1. The van der Waals surface area contributed by atoms with E-state index in [9.17, 15) is 34.2 Å². The van der Waals surface area contributed by atoms with Crippen LogP contribution in [0.4, 0.5) is 4.39 Å². The number of nitrogens with two attached hydrogens (primary N) is 1. The van der Waals surface area contributed by atoms with Gasteiger partial charge in [-0.15, -0.1) is 0 Å². The molecule has 1 aliphatic heterocycles. The Kier molecular flexibility index (Phi) is 7.40. The van der Waals surface area contributed by atoms with Crippen LogP contribution in [-0.4, -0.2) is 101 Å². The normalized spacial score (nSPS) is 32.3. The highest BCUT2D eigenvalue weighted by Crippen LogP contribution is 2.51. The molecule has 2 unspecified atom stereocenters. The van der Waals surface area contributed by atoms with Crippen molar-refractivity contribution in [2.24, 2.45) is 29.4 Å². The molecule has 3 aliphatic carbocycles. The number of hydrogen-bond acceptors (Lipinski definition) is 10. The number of ketones is 4. The van der Waals surface area contributed by atoms with Crippen molar-refractivity contribution in [1.29, 1.82) is 0 Å². The molecule has 6 atom stereocenters. The van der Waals surface area contributed by atoms with Gasteiger partial charge in [0.15, 0.2) is 34.7 Å². The molecule has 4 aliphatic rings. The number of primary amides is 1. The Balaban J connectivity index is 1.46. The van der Waals surface area contributed by atoms with Crippen LogP contribution in [0.1, 0.15) is 40.7 Å². The molecule has 40 heavy (non-hydrogen) atoms. The highest BCUT2D eigenvalue weighted by molar-refractivity contribution is 6.32. The minimum atomic E-state index is -2.80. The van der Waals surface area contributed by atoms with E-state index in [0.29, 0.717) is 6.54 Å². The molecule has 11 nitrogen and oxygen atoms in total. The van der Waals surface area contributed by atoms with Gasteiger partial charge in [-0.3, -0.25) is 28.9 Å². The highest BCUT2D eigenvalue weighted by Gasteiger charge is 2.69. The summed E-state index contributed by atoms with van der Waals surface area (Å²) in [4.78, 5) is 69.6. The lowest BCUT2D eigenvalue weighted by atomic mass is 9.52. The number of rotatable bonds is 7. The minimum Gasteiger partial charge on any atom is -0.507 e. The Labute approximate surface area is 230 Å². The number of phenolic OH excluding ortho intramolecular Hbond substituents is 1. The quantitative estimate of drug-likeness (QED) is 0.245. The molecule has 1 aromatic carbocycles. The predicted molar refractivity (Wildman–Crippen MR) is 139 cm³/mol. The SMILES string of the molecule is CN(C)[C@@H]1C(=O)C(C(N)=O)C(=O)[C@@]2(O)C(=O)C3C(=O)c4c(O)cc(CNCCN5CCCC5)c(F)c4C[C@H]3C[C@@H]12. The van der Waals surface area contributed by atoms with E-state index in [1.165, 1.54) is 19.0 Å². The number of nitrogens with zero attached hydrogens (tertiary/aromatic N) is 2. The van der Waals surface area contributed by atoms with Crippen LogP contribution in [0.5, 0.6) is 5.75 Å². The van der Waals surface area contributed by atoms with Crippen molar-refractivity contribution >= 4 is 29.0 Å². The predicted octanol–water partition coefficient (Wildman–Crippen LogP) is -0.808. The smallest absolute Gasteiger partial charge is 0.235 e. The van der Waals surface area contributed by atoms with Crippen molar-refractivity contribution in [2.45, 2.75) is 43.9 Å². The third-order valence-electron chi connectivity index (χ3n) is 9.19. The van der Waals surface area contributed by atoms with Crippen LogP contribution in [-0.2, 0) is 32.1 Å². The summed E-state index contributed by atoms with van der Waals surface area (Å²) in [6.45, 7) is 3.63. The Morgan fingerprint density at radius 2 is 1.88 bits per heavy atom. The first-order chi connectivity index (χ1) is 18.9. The van der Waals surface area contributed by atoms with Crippen LogP contribution >= 0.6 is 0 Å². The second kappa shape index (κ2) is 10.4. The average Bonchev–Trinajstić information content (AvgIpc) is 3.40. The molecule has 0 spiro atoms. The van der Waals surface area contributed by atoms with Gasteiger partial charge in [-0.25, -0.2) is 4.39 Å². The van der Waals surface area contributed by atoms with Crippen LogP contribution in [0.2, 0.25) is 0 Å². The number of aliphatic hydroxyl groups is 1. The molecule has 1 saturated heterocycles. The fraction of sp³-hybridized carbons (Fsp3) is 0.607. The van der Waals surface area contributed by atoms with Gasteiger partial charge in [0.1, 0.15) is 11.6 Å². The molecular weight excluding hydrogens is 523 g/mol. The number of halogens is 1. The summed E-state index contributed by atoms with van der Waals surface area (Å²) in [5.74, 6) is -12.3. The van der Waals surface area contributed by atoms with E-state index in [2.05, 4.69) is 10.2 Å². The summed E-state index contributed by atoms with van der Waals surface area (Å²) in [6.07, 6.45) is 2.09. The molecule has 1 heterocycles. The minimum absolute atomic E-state index is 0.0225. The second-order valence-corrected chi connectivity index (χ2v) is 11.7. The maximum absolute atomic E-state index is 15.8. The number of carbonyl (C=O) groups excluding carboxylic acids is 5. The monoisotopic (exact) mass is 558 g/mol. The number of likely N-dealkylation sites (N-methyl/N-ethyl adjacent to an activating group) is 1. The van der Waals surface area contributed by atoms with Gasteiger partial charge in [0.2, 0.25) is 5.91 Å². The highest BCUT2D eigenvalue weighted by atomic mass is 19.1. The zero-order valence-electron chi connectivity index (χ0n) is 22.6. The van der Waals surface area contributed by atoms with E-state index in [4.69, 9.17) is 5.73 Å². The summed E-state index contributed by atoms with van der Waals surface area (Å²) in [6, 6.07) is -0.0404. The van der Waals surface area contributed by atoms with Crippen LogP contribution in [0.3, 0.4) is 0 Å². The van der Waals surface area contributed by atoms with Gasteiger partial charge in [-0.2, -0.15) is 0 Å². The van der Waals surface area contributed by atoms with Gasteiger partial charge in [-0.05, 0) is 64.9 Å². The van der Waals surface area contributed by atoms with E-state index >= 15 is 4.39 Å². The van der Waals surface area contributed by atoms with Crippen molar-refractivity contribution in [3.63, 3.8) is 0 Å². The van der Waals surface area contributed by atoms with Crippen molar-refractivity contribution in [3.05, 3.63) is 28.6 Å². The number of amides is 1. The van der Waals surface area contributed by atoms with E-state index in [1.54, 1.807) is 0 Å². The van der Waals surface area contributed by atoms with Gasteiger partial charge in [0, 0.05) is 36.7 Å². The molecule has 0 radical (unpaired) electrons. The topological polar surface area (TPSA) is 170 Å². The van der Waals surface area contributed by atoms with E-state index < -0.39 is 75.9 Å². The number of aromatic hydroxyl groups is 1. The zero-order valence-corrected chi connectivity index (χ0v) is 22.6. The molecule has 3 fully saturated rings. The maximum Gasteiger partial charge on any atom is 0.235 e. The number of fused-ring (bicyclic) bond motifs is 3. The average molecular weight is 559 g/mol. The maximum atomic E-state index is 15.8. The van der Waals surface area contributed by atoms with Crippen molar-refractivity contribution in [1.82, 2.24) is 15.1 Å². The fourth-order valence-electron chi connectivity index (χ4n) is 7.30. The molecule has 1 aromatic rings. The van der Waals surface area contributed by atoms with Gasteiger partial charge < -0.3 is 26.2 Å². The van der Waals surface area contributed by atoms with Crippen LogP contribution in [0.25, 0.3) is 0 Å². The van der Waals surface area contributed by atoms with Crippen molar-refractivity contribution < 1.29 is 38.6 Å². The van der Waals surface area contributed by atoms with Crippen LogP contribution in [0, 0.1) is 29.5 Å². The number of hydrogen-bond donors (Lipinski definition) is 4. The third kappa shape index (κ3) is 4.28. The second-order valence-electron chi connectivity index (χ2n) is 11.7. The first-order valence-electron chi connectivity index (χ1n) is 13.7. The number of phenols is 1. The van der Waals surface area contributed by atoms with Crippen molar-refractivity contribution in [3.8, 4) is 5.75 Å². The molecule has 0 aromatic heterocycles. The Hall–Kier alpha value is -3.06. The molecule has 5 rings (SSSR count). The summed E-state index contributed by atoms with van der Waals surface area (Å²) in [5.41, 5.74) is 2.33. The summed E-state index contributed by atoms with van der Waals surface area (Å²) in [5, 5.41) is 25.5. The molecule has 0 bridgehead atoms. The Morgan fingerprint density at radius 1 is 1.20 bits per heavy atom. The Morgan fingerprint density at radius 3 is 2.50 bits per heavy atom. The molecule has 1 amide bonds.